The molecular formula is C16H11FO3. The smallest absolute Gasteiger partial charge is 0.372 e. The van der Waals surface area contributed by atoms with Gasteiger partial charge in [-0.15, -0.1) is 0 Å². The molecule has 0 atom stereocenters. The zero-order chi connectivity index (χ0) is 14.3. The predicted octanol–water partition coefficient (Wildman–Crippen LogP) is 4.25. The molecule has 3 nitrogen and oxygen atoms in total. The van der Waals surface area contributed by atoms with Gasteiger partial charge in [-0.2, -0.15) is 0 Å². The number of hydrogen-bond donors (Lipinski definition) is 1. The maximum absolute atomic E-state index is 13.3. The molecule has 0 aliphatic heterocycles. The minimum atomic E-state index is -1.09. The lowest BCUT2D eigenvalue weighted by Gasteiger charge is -2.02. The molecule has 1 aromatic heterocycles. The number of hydrogen-bond acceptors (Lipinski definition) is 2. The number of halogens is 1. The Morgan fingerprint density at radius 1 is 1.15 bits per heavy atom. The van der Waals surface area contributed by atoms with Crippen LogP contribution in [0, 0.1) is 12.7 Å². The van der Waals surface area contributed by atoms with E-state index in [-0.39, 0.29) is 11.6 Å². The van der Waals surface area contributed by atoms with Crippen LogP contribution in [0.5, 0.6) is 0 Å². The quantitative estimate of drug-likeness (QED) is 0.757. The van der Waals surface area contributed by atoms with Crippen molar-refractivity contribution in [1.29, 1.82) is 0 Å². The first-order valence-electron chi connectivity index (χ1n) is 6.08. The van der Waals surface area contributed by atoms with E-state index in [9.17, 15) is 9.18 Å². The van der Waals surface area contributed by atoms with Gasteiger partial charge in [-0.05, 0) is 42.3 Å². The maximum atomic E-state index is 13.3. The third kappa shape index (κ3) is 1.95. The summed E-state index contributed by atoms with van der Waals surface area (Å²) in [6, 6.07) is 11.6. The van der Waals surface area contributed by atoms with Gasteiger partial charge in [-0.3, -0.25) is 0 Å². The van der Waals surface area contributed by atoms with Gasteiger partial charge in [-0.1, -0.05) is 18.2 Å². The largest absolute Gasteiger partial charge is 0.475 e. The summed E-state index contributed by atoms with van der Waals surface area (Å²) in [6.07, 6.45) is 0. The van der Waals surface area contributed by atoms with Gasteiger partial charge in [0.2, 0.25) is 5.76 Å². The van der Waals surface area contributed by atoms with Crippen LogP contribution < -0.4 is 0 Å². The van der Waals surface area contributed by atoms with Crippen molar-refractivity contribution < 1.29 is 18.7 Å². The van der Waals surface area contributed by atoms with Gasteiger partial charge in [-0.25, -0.2) is 9.18 Å². The zero-order valence-corrected chi connectivity index (χ0v) is 10.7. The van der Waals surface area contributed by atoms with Crippen LogP contribution in [0.25, 0.3) is 22.1 Å². The van der Waals surface area contributed by atoms with Crippen molar-refractivity contribution in [3.05, 3.63) is 59.6 Å². The number of rotatable bonds is 2. The molecule has 3 aromatic rings. The van der Waals surface area contributed by atoms with Crippen molar-refractivity contribution >= 4 is 16.9 Å². The highest BCUT2D eigenvalue weighted by Gasteiger charge is 2.16. The molecule has 0 spiro atoms. The fourth-order valence-corrected chi connectivity index (χ4v) is 2.27. The number of fused-ring (bicyclic) bond motifs is 1. The Kier molecular flexibility index (Phi) is 2.79. The van der Waals surface area contributed by atoms with Crippen molar-refractivity contribution in [2.45, 2.75) is 6.92 Å². The van der Waals surface area contributed by atoms with Crippen LogP contribution in [-0.2, 0) is 0 Å². The van der Waals surface area contributed by atoms with Gasteiger partial charge in [0, 0.05) is 10.9 Å². The second kappa shape index (κ2) is 4.49. The van der Waals surface area contributed by atoms with Gasteiger partial charge in [0.05, 0.1) is 0 Å². The number of carboxylic acid groups (broad SMARTS) is 1. The van der Waals surface area contributed by atoms with E-state index in [0.29, 0.717) is 11.1 Å². The second-order valence-electron chi connectivity index (χ2n) is 4.58. The Bertz CT molecular complexity index is 818. The Morgan fingerprint density at radius 2 is 1.90 bits per heavy atom. The van der Waals surface area contributed by atoms with Gasteiger partial charge in [0.25, 0.3) is 0 Å². The van der Waals surface area contributed by atoms with E-state index in [1.165, 1.54) is 12.1 Å². The number of carbonyl (C=O) groups is 1. The minimum absolute atomic E-state index is 0.0589. The summed E-state index contributed by atoms with van der Waals surface area (Å²) in [5.74, 6) is -1.46. The van der Waals surface area contributed by atoms with Crippen LogP contribution >= 0.6 is 0 Å². The SMILES string of the molecule is Cc1c(C(=O)O)oc2ccc(-c3cccc(F)c3)cc12. The fourth-order valence-electron chi connectivity index (χ4n) is 2.27. The molecule has 4 heteroatoms. The highest BCUT2D eigenvalue weighted by atomic mass is 19.1. The van der Waals surface area contributed by atoms with Gasteiger partial charge in [0.1, 0.15) is 11.4 Å². The van der Waals surface area contributed by atoms with E-state index in [4.69, 9.17) is 9.52 Å². The van der Waals surface area contributed by atoms with Gasteiger partial charge < -0.3 is 9.52 Å². The number of aromatic carboxylic acids is 1. The molecule has 0 fully saturated rings. The van der Waals surface area contributed by atoms with E-state index in [1.807, 2.05) is 6.07 Å². The number of aryl methyl sites for hydroxylation is 1. The lowest BCUT2D eigenvalue weighted by Crippen LogP contribution is -1.95. The lowest BCUT2D eigenvalue weighted by atomic mass is 10.0. The molecule has 0 amide bonds. The van der Waals surface area contributed by atoms with E-state index in [2.05, 4.69) is 0 Å². The van der Waals surface area contributed by atoms with Crippen molar-refractivity contribution in [2.75, 3.05) is 0 Å². The van der Waals surface area contributed by atoms with Crippen molar-refractivity contribution in [3.63, 3.8) is 0 Å². The summed E-state index contributed by atoms with van der Waals surface area (Å²) in [7, 11) is 0. The molecule has 0 bridgehead atoms. The summed E-state index contributed by atoms with van der Waals surface area (Å²) in [4.78, 5) is 11.0. The molecule has 2 aromatic carbocycles. The zero-order valence-electron chi connectivity index (χ0n) is 10.7. The van der Waals surface area contributed by atoms with Gasteiger partial charge in [0.15, 0.2) is 0 Å². The maximum Gasteiger partial charge on any atom is 0.372 e. The molecule has 0 radical (unpaired) electrons. The molecule has 0 saturated heterocycles. The molecule has 20 heavy (non-hydrogen) atoms. The standard InChI is InChI=1S/C16H11FO3/c1-9-13-8-11(10-3-2-4-12(17)7-10)5-6-14(13)20-15(9)16(18)19/h2-8H,1H3,(H,18,19). The van der Waals surface area contributed by atoms with Crippen LogP contribution in [-0.4, -0.2) is 11.1 Å². The molecule has 0 aliphatic rings. The monoisotopic (exact) mass is 270 g/mol. The molecule has 1 N–H and O–H groups in total. The van der Waals surface area contributed by atoms with Crippen molar-refractivity contribution in [2.24, 2.45) is 0 Å². The third-order valence-electron chi connectivity index (χ3n) is 3.29. The van der Waals surface area contributed by atoms with Crippen LogP contribution in [0.1, 0.15) is 16.1 Å². The summed E-state index contributed by atoms with van der Waals surface area (Å²) >= 11 is 0. The third-order valence-corrected chi connectivity index (χ3v) is 3.29. The van der Waals surface area contributed by atoms with Crippen LogP contribution in [0.3, 0.4) is 0 Å². The summed E-state index contributed by atoms with van der Waals surface area (Å²) in [5, 5.41) is 9.77. The Balaban J connectivity index is 2.20. The highest BCUT2D eigenvalue weighted by Crippen LogP contribution is 2.30. The van der Waals surface area contributed by atoms with Crippen molar-refractivity contribution in [3.8, 4) is 11.1 Å². The Hall–Kier alpha value is -2.62. The molecule has 1 heterocycles. The summed E-state index contributed by atoms with van der Waals surface area (Å²) in [6.45, 7) is 1.70. The second-order valence-corrected chi connectivity index (χ2v) is 4.58. The average Bonchev–Trinajstić information content (AvgIpc) is 2.76. The normalized spacial score (nSPS) is 10.9. The number of benzene rings is 2. The van der Waals surface area contributed by atoms with Crippen LogP contribution in [0.2, 0.25) is 0 Å². The minimum Gasteiger partial charge on any atom is -0.475 e. The molecular weight excluding hydrogens is 259 g/mol. The summed E-state index contributed by atoms with van der Waals surface area (Å²) < 4.78 is 18.6. The molecule has 100 valence electrons. The first kappa shape index (κ1) is 12.4. The van der Waals surface area contributed by atoms with Crippen molar-refractivity contribution in [1.82, 2.24) is 0 Å². The summed E-state index contributed by atoms with van der Waals surface area (Å²) in [5.41, 5.74) is 2.65. The molecule has 0 saturated carbocycles. The predicted molar refractivity (Wildman–Crippen MR) is 73.3 cm³/mol. The number of furan rings is 1. The lowest BCUT2D eigenvalue weighted by molar-refractivity contribution is 0.0664. The van der Waals surface area contributed by atoms with Crippen LogP contribution in [0.15, 0.2) is 46.9 Å². The molecule has 0 unspecified atom stereocenters. The first-order chi connectivity index (χ1) is 9.56. The Morgan fingerprint density at radius 3 is 2.60 bits per heavy atom. The topological polar surface area (TPSA) is 50.4 Å². The number of carboxylic acids is 1. The van der Waals surface area contributed by atoms with Crippen LogP contribution in [0.4, 0.5) is 4.39 Å². The highest BCUT2D eigenvalue weighted by molar-refractivity contribution is 5.96. The fraction of sp³-hybridized carbons (Fsp3) is 0.0625. The van der Waals surface area contributed by atoms with E-state index < -0.39 is 5.97 Å². The van der Waals surface area contributed by atoms with E-state index in [0.717, 1.165) is 16.5 Å². The molecule has 3 rings (SSSR count). The first-order valence-corrected chi connectivity index (χ1v) is 6.08. The Labute approximate surface area is 114 Å². The van der Waals surface area contributed by atoms with E-state index >= 15 is 0 Å². The average molecular weight is 270 g/mol. The van der Waals surface area contributed by atoms with Gasteiger partial charge >= 0.3 is 5.97 Å². The molecule has 0 aliphatic carbocycles. The van der Waals surface area contributed by atoms with E-state index in [1.54, 1.807) is 31.2 Å².